The number of aromatic nitrogens is 2. The maximum atomic E-state index is 11.7. The first-order valence-electron chi connectivity index (χ1n) is 7.23. The molecular formula is C16H17Br2N3O. The Morgan fingerprint density at radius 3 is 2.64 bits per heavy atom. The summed E-state index contributed by atoms with van der Waals surface area (Å²) in [4.78, 5) is 16.4. The third-order valence-electron chi connectivity index (χ3n) is 4.24. The number of aryl methyl sites for hydroxylation is 1. The fourth-order valence-electron chi connectivity index (χ4n) is 2.93. The molecule has 1 unspecified atom stereocenters. The molecule has 0 aliphatic heterocycles. The zero-order valence-electron chi connectivity index (χ0n) is 12.5. The standard InChI is InChI=1S/C16H17Br2N3O/c1-10(22)11-3-8-14-15(9-11)21(16(18)19-14)20(2)13-6-4-12(17)5-7-13/h4-7,11H,3,8-9H2,1-2H3. The Balaban J connectivity index is 1.99. The summed E-state index contributed by atoms with van der Waals surface area (Å²) < 4.78 is 3.90. The molecule has 0 amide bonds. The molecule has 2 aromatic rings. The maximum Gasteiger partial charge on any atom is 0.196 e. The summed E-state index contributed by atoms with van der Waals surface area (Å²) >= 11 is 7.02. The van der Waals surface area contributed by atoms with Gasteiger partial charge in [0.2, 0.25) is 0 Å². The minimum atomic E-state index is 0.105. The monoisotopic (exact) mass is 425 g/mol. The van der Waals surface area contributed by atoms with E-state index in [-0.39, 0.29) is 11.7 Å². The molecule has 0 spiro atoms. The number of ketones is 1. The van der Waals surface area contributed by atoms with Crippen LogP contribution < -0.4 is 5.01 Å². The first-order valence-corrected chi connectivity index (χ1v) is 8.82. The van der Waals surface area contributed by atoms with Crippen LogP contribution in [0.4, 0.5) is 5.69 Å². The van der Waals surface area contributed by atoms with Gasteiger partial charge >= 0.3 is 0 Å². The van der Waals surface area contributed by atoms with Gasteiger partial charge in [-0.3, -0.25) is 9.80 Å². The first kappa shape index (κ1) is 15.7. The highest BCUT2D eigenvalue weighted by atomic mass is 79.9. The molecule has 1 aromatic carbocycles. The van der Waals surface area contributed by atoms with Crippen molar-refractivity contribution >= 4 is 43.3 Å². The van der Waals surface area contributed by atoms with Gasteiger partial charge in [0.15, 0.2) is 4.73 Å². The maximum absolute atomic E-state index is 11.7. The number of halogens is 2. The number of fused-ring (bicyclic) bond motifs is 1. The van der Waals surface area contributed by atoms with Crippen LogP contribution >= 0.6 is 31.9 Å². The van der Waals surface area contributed by atoms with Crippen LogP contribution in [-0.4, -0.2) is 22.5 Å². The molecule has 116 valence electrons. The van der Waals surface area contributed by atoms with E-state index in [1.165, 1.54) is 0 Å². The summed E-state index contributed by atoms with van der Waals surface area (Å²) in [5.41, 5.74) is 3.28. The van der Waals surface area contributed by atoms with Gasteiger partial charge in [0.05, 0.1) is 17.1 Å². The van der Waals surface area contributed by atoms with E-state index < -0.39 is 0 Å². The molecule has 1 aromatic heterocycles. The van der Waals surface area contributed by atoms with Crippen molar-refractivity contribution in [2.24, 2.45) is 5.92 Å². The molecule has 0 N–H and O–H groups in total. The summed E-state index contributed by atoms with van der Waals surface area (Å²) in [6.07, 6.45) is 2.51. The minimum Gasteiger partial charge on any atom is -0.300 e. The molecule has 4 nitrogen and oxygen atoms in total. The largest absolute Gasteiger partial charge is 0.300 e. The number of hydrogen-bond acceptors (Lipinski definition) is 3. The number of hydrogen-bond donors (Lipinski definition) is 0. The van der Waals surface area contributed by atoms with Gasteiger partial charge in [-0.1, -0.05) is 15.9 Å². The Morgan fingerprint density at radius 2 is 2.00 bits per heavy atom. The van der Waals surface area contributed by atoms with Gasteiger partial charge in [-0.15, -0.1) is 0 Å². The molecular weight excluding hydrogens is 410 g/mol. The van der Waals surface area contributed by atoms with Crippen molar-refractivity contribution in [1.82, 2.24) is 9.66 Å². The van der Waals surface area contributed by atoms with Crippen LogP contribution in [0.1, 0.15) is 24.7 Å². The molecule has 1 atom stereocenters. The highest BCUT2D eigenvalue weighted by Crippen LogP contribution is 2.30. The normalized spacial score (nSPS) is 17.2. The number of Topliss-reactive ketones (excluding diaryl/α,β-unsaturated/α-hetero) is 1. The molecule has 0 bridgehead atoms. The van der Waals surface area contributed by atoms with Crippen molar-refractivity contribution in [2.45, 2.75) is 26.2 Å². The quantitative estimate of drug-likeness (QED) is 0.744. The molecule has 6 heteroatoms. The van der Waals surface area contributed by atoms with Crippen molar-refractivity contribution < 1.29 is 4.79 Å². The van der Waals surface area contributed by atoms with Gasteiger partial charge < -0.3 is 0 Å². The molecule has 1 aliphatic carbocycles. The van der Waals surface area contributed by atoms with Crippen molar-refractivity contribution in [1.29, 1.82) is 0 Å². The lowest BCUT2D eigenvalue weighted by Crippen LogP contribution is -2.30. The van der Waals surface area contributed by atoms with Crippen LogP contribution in [0.5, 0.6) is 0 Å². The van der Waals surface area contributed by atoms with Crippen molar-refractivity contribution in [3.63, 3.8) is 0 Å². The second-order valence-electron chi connectivity index (χ2n) is 5.64. The molecule has 1 aliphatic rings. The van der Waals surface area contributed by atoms with Crippen LogP contribution in [-0.2, 0) is 17.6 Å². The van der Waals surface area contributed by atoms with Gasteiger partial charge in [-0.05, 0) is 60.0 Å². The third kappa shape index (κ3) is 2.86. The van der Waals surface area contributed by atoms with Crippen LogP contribution in [0.3, 0.4) is 0 Å². The number of carbonyl (C=O) groups excluding carboxylic acids is 1. The van der Waals surface area contributed by atoms with E-state index >= 15 is 0 Å². The van der Waals surface area contributed by atoms with Crippen LogP contribution in [0.25, 0.3) is 0 Å². The Labute approximate surface area is 146 Å². The zero-order chi connectivity index (χ0) is 15.9. The lowest BCUT2D eigenvalue weighted by molar-refractivity contribution is -0.121. The van der Waals surface area contributed by atoms with E-state index in [0.29, 0.717) is 0 Å². The topological polar surface area (TPSA) is 38.1 Å². The number of carbonyl (C=O) groups is 1. The average Bonchev–Trinajstić information content (AvgIpc) is 2.82. The smallest absolute Gasteiger partial charge is 0.196 e. The van der Waals surface area contributed by atoms with Gasteiger partial charge in [0.1, 0.15) is 5.78 Å². The van der Waals surface area contributed by atoms with Crippen LogP contribution in [0.2, 0.25) is 0 Å². The lowest BCUT2D eigenvalue weighted by Gasteiger charge is -2.27. The lowest BCUT2D eigenvalue weighted by atomic mass is 9.87. The van der Waals surface area contributed by atoms with Gasteiger partial charge in [0, 0.05) is 23.9 Å². The number of imidazole rings is 1. The summed E-state index contributed by atoms with van der Waals surface area (Å²) in [7, 11) is 2.01. The highest BCUT2D eigenvalue weighted by molar-refractivity contribution is 9.10. The number of benzene rings is 1. The SMILES string of the molecule is CC(=O)C1CCc2nc(Br)n(N(C)c3ccc(Br)cc3)c2C1. The van der Waals surface area contributed by atoms with Gasteiger partial charge in [0.25, 0.3) is 0 Å². The molecule has 0 saturated carbocycles. The average molecular weight is 427 g/mol. The highest BCUT2D eigenvalue weighted by Gasteiger charge is 2.28. The van der Waals surface area contributed by atoms with Crippen molar-refractivity contribution in [3.05, 3.63) is 44.9 Å². The minimum absolute atomic E-state index is 0.105. The Hall–Kier alpha value is -1.14. The molecule has 22 heavy (non-hydrogen) atoms. The molecule has 0 fully saturated rings. The molecule has 0 radical (unpaired) electrons. The van der Waals surface area contributed by atoms with Gasteiger partial charge in [-0.2, -0.15) is 0 Å². The van der Waals surface area contributed by atoms with E-state index in [9.17, 15) is 4.79 Å². The molecule has 3 rings (SSSR count). The second kappa shape index (κ2) is 6.16. The van der Waals surface area contributed by atoms with Crippen LogP contribution in [0.15, 0.2) is 33.5 Å². The first-order chi connectivity index (χ1) is 10.5. The summed E-state index contributed by atoms with van der Waals surface area (Å²) in [6, 6.07) is 8.13. The number of rotatable bonds is 3. The van der Waals surface area contributed by atoms with E-state index in [2.05, 4.69) is 46.5 Å². The fourth-order valence-corrected chi connectivity index (χ4v) is 3.86. The van der Waals surface area contributed by atoms with E-state index in [1.54, 1.807) is 6.92 Å². The molecule has 1 heterocycles. The summed E-state index contributed by atoms with van der Waals surface area (Å²) in [6.45, 7) is 1.68. The Kier molecular flexibility index (Phi) is 4.41. The predicted molar refractivity (Wildman–Crippen MR) is 94.1 cm³/mol. The summed E-state index contributed by atoms with van der Waals surface area (Å²) in [5, 5.41) is 2.06. The van der Waals surface area contributed by atoms with Crippen molar-refractivity contribution in [2.75, 3.05) is 12.1 Å². The fraction of sp³-hybridized carbons (Fsp3) is 0.375. The Bertz CT molecular complexity index is 709. The van der Waals surface area contributed by atoms with Crippen molar-refractivity contribution in [3.8, 4) is 0 Å². The number of nitrogens with zero attached hydrogens (tertiary/aromatic N) is 3. The molecule has 0 saturated heterocycles. The van der Waals surface area contributed by atoms with E-state index in [4.69, 9.17) is 0 Å². The number of anilines is 1. The second-order valence-corrected chi connectivity index (χ2v) is 7.26. The Morgan fingerprint density at radius 1 is 1.32 bits per heavy atom. The van der Waals surface area contributed by atoms with Crippen LogP contribution in [0, 0.1) is 5.92 Å². The third-order valence-corrected chi connectivity index (χ3v) is 5.28. The van der Waals surface area contributed by atoms with Gasteiger partial charge in [-0.25, -0.2) is 9.66 Å². The predicted octanol–water partition coefficient (Wildman–Crippen LogP) is 4.00. The van der Waals surface area contributed by atoms with E-state index in [0.717, 1.165) is 45.5 Å². The summed E-state index contributed by atoms with van der Waals surface area (Å²) in [5.74, 6) is 0.369. The zero-order valence-corrected chi connectivity index (χ0v) is 15.7. The van der Waals surface area contributed by atoms with E-state index in [1.807, 2.05) is 31.3 Å².